The Morgan fingerprint density at radius 3 is 2.47 bits per heavy atom. The SMILES string of the molecule is CC(C)c1ccc(NC(=O)CC2CCNCC2)cc1. The van der Waals surface area contributed by atoms with E-state index in [1.807, 2.05) is 12.1 Å². The predicted molar refractivity (Wildman–Crippen MR) is 79.4 cm³/mol. The number of carbonyl (C=O) groups is 1. The van der Waals surface area contributed by atoms with Gasteiger partial charge in [-0.3, -0.25) is 4.79 Å². The molecule has 0 saturated carbocycles. The van der Waals surface area contributed by atoms with E-state index in [1.54, 1.807) is 0 Å². The summed E-state index contributed by atoms with van der Waals surface area (Å²) in [7, 11) is 0. The Labute approximate surface area is 115 Å². The third-order valence-corrected chi connectivity index (χ3v) is 3.79. The van der Waals surface area contributed by atoms with E-state index in [0.717, 1.165) is 31.6 Å². The molecular formula is C16H24N2O. The molecule has 1 amide bonds. The molecule has 1 aromatic rings. The molecule has 1 aliphatic rings. The predicted octanol–water partition coefficient (Wildman–Crippen LogP) is 3.14. The molecule has 0 unspecified atom stereocenters. The van der Waals surface area contributed by atoms with Gasteiger partial charge in [-0.05, 0) is 55.5 Å². The summed E-state index contributed by atoms with van der Waals surface area (Å²) in [5.74, 6) is 1.21. The summed E-state index contributed by atoms with van der Waals surface area (Å²) < 4.78 is 0. The molecule has 0 bridgehead atoms. The van der Waals surface area contributed by atoms with E-state index in [2.05, 4.69) is 36.6 Å². The molecule has 2 rings (SSSR count). The van der Waals surface area contributed by atoms with E-state index < -0.39 is 0 Å². The van der Waals surface area contributed by atoms with Crippen molar-refractivity contribution < 1.29 is 4.79 Å². The van der Waals surface area contributed by atoms with Crippen LogP contribution in [0.1, 0.15) is 44.6 Å². The van der Waals surface area contributed by atoms with Crippen molar-refractivity contribution in [2.24, 2.45) is 5.92 Å². The number of amides is 1. The van der Waals surface area contributed by atoms with E-state index in [-0.39, 0.29) is 5.91 Å². The van der Waals surface area contributed by atoms with Gasteiger partial charge in [0, 0.05) is 12.1 Å². The van der Waals surface area contributed by atoms with Crippen LogP contribution in [0.3, 0.4) is 0 Å². The summed E-state index contributed by atoms with van der Waals surface area (Å²) in [5.41, 5.74) is 2.21. The molecule has 1 fully saturated rings. The molecule has 0 aliphatic carbocycles. The highest BCUT2D eigenvalue weighted by Gasteiger charge is 2.16. The highest BCUT2D eigenvalue weighted by Crippen LogP contribution is 2.19. The van der Waals surface area contributed by atoms with Gasteiger partial charge in [0.05, 0.1) is 0 Å². The Kier molecular flexibility index (Phi) is 4.97. The molecule has 0 aromatic heterocycles. The minimum atomic E-state index is 0.143. The number of benzene rings is 1. The molecule has 1 aromatic carbocycles. The molecule has 1 heterocycles. The van der Waals surface area contributed by atoms with Crippen LogP contribution in [0.15, 0.2) is 24.3 Å². The first-order chi connectivity index (χ1) is 9.15. The van der Waals surface area contributed by atoms with Gasteiger partial charge in [0.25, 0.3) is 0 Å². The van der Waals surface area contributed by atoms with Gasteiger partial charge >= 0.3 is 0 Å². The van der Waals surface area contributed by atoms with Gasteiger partial charge in [0.1, 0.15) is 0 Å². The number of hydrogen-bond acceptors (Lipinski definition) is 2. The summed E-state index contributed by atoms with van der Waals surface area (Å²) in [6, 6.07) is 8.17. The van der Waals surface area contributed by atoms with Crippen LogP contribution >= 0.6 is 0 Å². The van der Waals surface area contributed by atoms with Crippen molar-refractivity contribution in [1.82, 2.24) is 5.32 Å². The lowest BCUT2D eigenvalue weighted by atomic mass is 9.94. The fourth-order valence-electron chi connectivity index (χ4n) is 2.51. The van der Waals surface area contributed by atoms with Gasteiger partial charge in [0.15, 0.2) is 0 Å². The minimum Gasteiger partial charge on any atom is -0.326 e. The standard InChI is InChI=1S/C16H24N2O/c1-12(2)14-3-5-15(6-4-14)18-16(19)11-13-7-9-17-10-8-13/h3-6,12-13,17H,7-11H2,1-2H3,(H,18,19). The summed E-state index contributed by atoms with van der Waals surface area (Å²) in [6.45, 7) is 6.43. The van der Waals surface area contributed by atoms with Crippen LogP contribution < -0.4 is 10.6 Å². The average molecular weight is 260 g/mol. The minimum absolute atomic E-state index is 0.143. The van der Waals surface area contributed by atoms with Crippen molar-refractivity contribution in [1.29, 1.82) is 0 Å². The van der Waals surface area contributed by atoms with Gasteiger partial charge in [0.2, 0.25) is 5.91 Å². The summed E-state index contributed by atoms with van der Waals surface area (Å²) in [6.07, 6.45) is 2.87. The molecule has 0 atom stereocenters. The number of rotatable bonds is 4. The first-order valence-corrected chi connectivity index (χ1v) is 7.25. The largest absolute Gasteiger partial charge is 0.326 e. The number of hydrogen-bond donors (Lipinski definition) is 2. The summed E-state index contributed by atoms with van der Waals surface area (Å²) in [4.78, 5) is 12.0. The van der Waals surface area contributed by atoms with Crippen LogP contribution in [-0.4, -0.2) is 19.0 Å². The molecule has 3 heteroatoms. The quantitative estimate of drug-likeness (QED) is 0.873. The second-order valence-corrected chi connectivity index (χ2v) is 5.72. The normalized spacial score (nSPS) is 16.6. The van der Waals surface area contributed by atoms with Gasteiger partial charge in [-0.2, -0.15) is 0 Å². The van der Waals surface area contributed by atoms with E-state index >= 15 is 0 Å². The van der Waals surface area contributed by atoms with Crippen LogP contribution in [0.25, 0.3) is 0 Å². The molecule has 0 spiro atoms. The molecule has 104 valence electrons. The van der Waals surface area contributed by atoms with Crippen LogP contribution in [0.2, 0.25) is 0 Å². The van der Waals surface area contributed by atoms with E-state index in [4.69, 9.17) is 0 Å². The third kappa shape index (κ3) is 4.35. The molecule has 1 saturated heterocycles. The monoisotopic (exact) mass is 260 g/mol. The first-order valence-electron chi connectivity index (χ1n) is 7.25. The zero-order valence-electron chi connectivity index (χ0n) is 11.9. The Bertz CT molecular complexity index is 405. The Morgan fingerprint density at radius 2 is 1.89 bits per heavy atom. The maximum absolute atomic E-state index is 12.0. The fourth-order valence-corrected chi connectivity index (χ4v) is 2.51. The second-order valence-electron chi connectivity index (χ2n) is 5.72. The lowest BCUT2D eigenvalue weighted by molar-refractivity contribution is -0.117. The van der Waals surface area contributed by atoms with Crippen LogP contribution in [-0.2, 0) is 4.79 Å². The van der Waals surface area contributed by atoms with Crippen LogP contribution in [0.5, 0.6) is 0 Å². The van der Waals surface area contributed by atoms with Crippen LogP contribution in [0.4, 0.5) is 5.69 Å². The van der Waals surface area contributed by atoms with Crippen LogP contribution in [0, 0.1) is 5.92 Å². The van der Waals surface area contributed by atoms with Crippen molar-refractivity contribution >= 4 is 11.6 Å². The maximum Gasteiger partial charge on any atom is 0.224 e. The zero-order chi connectivity index (χ0) is 13.7. The number of anilines is 1. The van der Waals surface area contributed by atoms with Crippen molar-refractivity contribution in [2.75, 3.05) is 18.4 Å². The molecule has 1 aliphatic heterocycles. The summed E-state index contributed by atoms with van der Waals surface area (Å²) in [5, 5.41) is 6.32. The molecular weight excluding hydrogens is 236 g/mol. The van der Waals surface area contributed by atoms with Crippen molar-refractivity contribution in [3.05, 3.63) is 29.8 Å². The van der Waals surface area contributed by atoms with Gasteiger partial charge in [-0.1, -0.05) is 26.0 Å². The van der Waals surface area contributed by atoms with Gasteiger partial charge < -0.3 is 10.6 Å². The zero-order valence-corrected chi connectivity index (χ0v) is 11.9. The van der Waals surface area contributed by atoms with Gasteiger partial charge in [-0.25, -0.2) is 0 Å². The van der Waals surface area contributed by atoms with E-state index in [0.29, 0.717) is 18.3 Å². The van der Waals surface area contributed by atoms with Crippen molar-refractivity contribution in [3.8, 4) is 0 Å². The second kappa shape index (κ2) is 6.71. The highest BCUT2D eigenvalue weighted by atomic mass is 16.1. The smallest absolute Gasteiger partial charge is 0.224 e. The molecule has 0 radical (unpaired) electrons. The number of piperidine rings is 1. The molecule has 2 N–H and O–H groups in total. The number of carbonyl (C=O) groups excluding carboxylic acids is 1. The fraction of sp³-hybridized carbons (Fsp3) is 0.562. The first kappa shape index (κ1) is 14.1. The molecule has 19 heavy (non-hydrogen) atoms. The Morgan fingerprint density at radius 1 is 1.26 bits per heavy atom. The maximum atomic E-state index is 12.0. The summed E-state index contributed by atoms with van der Waals surface area (Å²) >= 11 is 0. The van der Waals surface area contributed by atoms with Crippen molar-refractivity contribution in [3.63, 3.8) is 0 Å². The van der Waals surface area contributed by atoms with Crippen molar-refractivity contribution in [2.45, 2.75) is 39.0 Å². The Hall–Kier alpha value is -1.35. The van der Waals surface area contributed by atoms with Gasteiger partial charge in [-0.15, -0.1) is 0 Å². The molecule has 3 nitrogen and oxygen atoms in total. The topological polar surface area (TPSA) is 41.1 Å². The number of nitrogens with one attached hydrogen (secondary N) is 2. The van der Waals surface area contributed by atoms with E-state index in [9.17, 15) is 4.79 Å². The lowest BCUT2D eigenvalue weighted by Crippen LogP contribution is -2.30. The lowest BCUT2D eigenvalue weighted by Gasteiger charge is -2.21. The highest BCUT2D eigenvalue weighted by molar-refractivity contribution is 5.90. The van der Waals surface area contributed by atoms with E-state index in [1.165, 1.54) is 5.56 Å². The Balaban J connectivity index is 1.84. The average Bonchev–Trinajstić information content (AvgIpc) is 2.40. The third-order valence-electron chi connectivity index (χ3n) is 3.79.